The number of rotatable bonds is 5. The van der Waals surface area contributed by atoms with Crippen molar-refractivity contribution in [3.63, 3.8) is 0 Å². The second kappa shape index (κ2) is 6.58. The average Bonchev–Trinajstić information content (AvgIpc) is 2.98. The van der Waals surface area contributed by atoms with Crippen LogP contribution in [0.15, 0.2) is 17.5 Å². The first-order valence-electron chi connectivity index (χ1n) is 6.53. The molecule has 3 nitrogen and oxygen atoms in total. The van der Waals surface area contributed by atoms with Crippen LogP contribution in [0.2, 0.25) is 0 Å². The molecule has 0 N–H and O–H groups in total. The van der Waals surface area contributed by atoms with Crippen LogP contribution in [0.5, 0.6) is 0 Å². The highest BCUT2D eigenvalue weighted by atomic mass is 32.1. The molecule has 7 heteroatoms. The van der Waals surface area contributed by atoms with Crippen molar-refractivity contribution in [3.05, 3.63) is 22.4 Å². The van der Waals surface area contributed by atoms with Gasteiger partial charge in [-0.15, -0.1) is 11.3 Å². The van der Waals surface area contributed by atoms with E-state index in [0.29, 0.717) is 13.1 Å². The first-order valence-corrected chi connectivity index (χ1v) is 7.41. The molecule has 112 valence electrons. The third-order valence-electron chi connectivity index (χ3n) is 3.18. The molecule has 2 heterocycles. The maximum absolute atomic E-state index is 12.6. The quantitative estimate of drug-likeness (QED) is 0.835. The Morgan fingerprint density at radius 2 is 2.05 bits per heavy atom. The van der Waals surface area contributed by atoms with Crippen LogP contribution < -0.4 is 0 Å². The topological polar surface area (TPSA) is 23.6 Å². The van der Waals surface area contributed by atoms with Crippen molar-refractivity contribution >= 4 is 17.2 Å². The summed E-state index contributed by atoms with van der Waals surface area (Å²) in [7, 11) is 0. The average molecular weight is 306 g/mol. The number of likely N-dealkylation sites (tertiary alicyclic amines) is 1. The van der Waals surface area contributed by atoms with Crippen molar-refractivity contribution in [1.29, 1.82) is 0 Å². The van der Waals surface area contributed by atoms with Crippen molar-refractivity contribution in [2.24, 2.45) is 0 Å². The number of alkyl halides is 3. The van der Waals surface area contributed by atoms with Gasteiger partial charge in [0.2, 0.25) is 5.91 Å². The van der Waals surface area contributed by atoms with E-state index >= 15 is 0 Å². The summed E-state index contributed by atoms with van der Waals surface area (Å²) >= 11 is 1.40. The molecule has 1 saturated heterocycles. The van der Waals surface area contributed by atoms with Crippen molar-refractivity contribution in [3.8, 4) is 0 Å². The maximum atomic E-state index is 12.6. The van der Waals surface area contributed by atoms with Gasteiger partial charge >= 0.3 is 6.18 Å². The molecule has 1 aromatic heterocycles. The molecule has 1 aliphatic rings. The van der Waals surface area contributed by atoms with Crippen LogP contribution in [0.25, 0.3) is 0 Å². The summed E-state index contributed by atoms with van der Waals surface area (Å²) in [6.45, 7) is 0.272. The Kier molecular flexibility index (Phi) is 5.04. The number of thiophene rings is 1. The number of carbonyl (C=O) groups excluding carboxylic acids is 1. The fraction of sp³-hybridized carbons (Fsp3) is 0.615. The standard InChI is InChI=1S/C13H17F3N2OS/c14-13(15,16)10-17(8-11-4-3-7-20-11)9-12(19)18-5-1-2-6-18/h3-4,7H,1-2,5-6,8-10H2. The van der Waals surface area contributed by atoms with Crippen LogP contribution in [0.3, 0.4) is 0 Å². The van der Waals surface area contributed by atoms with E-state index in [4.69, 9.17) is 0 Å². The zero-order valence-electron chi connectivity index (χ0n) is 11.0. The summed E-state index contributed by atoms with van der Waals surface area (Å²) in [6.07, 6.45) is -2.41. The molecule has 1 fully saturated rings. The van der Waals surface area contributed by atoms with E-state index in [-0.39, 0.29) is 19.0 Å². The Hall–Kier alpha value is -1.08. The summed E-state index contributed by atoms with van der Waals surface area (Å²) in [6, 6.07) is 3.59. The largest absolute Gasteiger partial charge is 0.401 e. The van der Waals surface area contributed by atoms with E-state index in [1.165, 1.54) is 16.2 Å². The van der Waals surface area contributed by atoms with Gasteiger partial charge in [0.25, 0.3) is 0 Å². The Labute approximate surface area is 120 Å². The Bertz CT molecular complexity index is 427. The monoisotopic (exact) mass is 306 g/mol. The van der Waals surface area contributed by atoms with Gasteiger partial charge in [-0.2, -0.15) is 13.2 Å². The number of halogens is 3. The van der Waals surface area contributed by atoms with Gasteiger partial charge in [0.15, 0.2) is 0 Å². The van der Waals surface area contributed by atoms with E-state index in [1.54, 1.807) is 17.0 Å². The third-order valence-corrected chi connectivity index (χ3v) is 4.04. The number of carbonyl (C=O) groups is 1. The molecule has 0 aliphatic carbocycles. The van der Waals surface area contributed by atoms with Crippen molar-refractivity contribution < 1.29 is 18.0 Å². The highest BCUT2D eigenvalue weighted by Crippen LogP contribution is 2.20. The summed E-state index contributed by atoms with van der Waals surface area (Å²) in [4.78, 5) is 15.7. The minimum Gasteiger partial charge on any atom is -0.342 e. The first-order chi connectivity index (χ1) is 9.44. The highest BCUT2D eigenvalue weighted by molar-refractivity contribution is 7.09. The lowest BCUT2D eigenvalue weighted by atomic mass is 10.3. The zero-order chi connectivity index (χ0) is 14.6. The van der Waals surface area contributed by atoms with Gasteiger partial charge in [-0.05, 0) is 24.3 Å². The Morgan fingerprint density at radius 3 is 2.60 bits per heavy atom. The molecular formula is C13H17F3N2OS. The molecule has 0 bridgehead atoms. The molecule has 0 unspecified atom stereocenters. The van der Waals surface area contributed by atoms with Crippen molar-refractivity contribution in [1.82, 2.24) is 9.80 Å². The van der Waals surface area contributed by atoms with Crippen LogP contribution in [-0.4, -0.2) is 48.1 Å². The van der Waals surface area contributed by atoms with Gasteiger partial charge in [0, 0.05) is 24.5 Å². The van der Waals surface area contributed by atoms with E-state index in [9.17, 15) is 18.0 Å². The molecule has 2 rings (SSSR count). The molecule has 1 aromatic rings. The predicted molar refractivity (Wildman–Crippen MR) is 71.5 cm³/mol. The molecule has 0 aromatic carbocycles. The fourth-order valence-electron chi connectivity index (χ4n) is 2.30. The maximum Gasteiger partial charge on any atom is 0.401 e. The number of hydrogen-bond donors (Lipinski definition) is 0. The van der Waals surface area contributed by atoms with E-state index < -0.39 is 12.7 Å². The molecule has 1 amide bonds. The minimum absolute atomic E-state index is 0.163. The molecule has 0 saturated carbocycles. The normalized spacial score (nSPS) is 16.1. The fourth-order valence-corrected chi connectivity index (χ4v) is 3.05. The van der Waals surface area contributed by atoms with Gasteiger partial charge in [-0.25, -0.2) is 0 Å². The second-order valence-electron chi connectivity index (χ2n) is 4.93. The first kappa shape index (κ1) is 15.3. The molecule has 20 heavy (non-hydrogen) atoms. The van der Waals surface area contributed by atoms with Crippen molar-refractivity contribution in [2.45, 2.75) is 25.6 Å². The Balaban J connectivity index is 1.96. The number of nitrogens with zero attached hydrogens (tertiary/aromatic N) is 2. The minimum atomic E-state index is -4.29. The van der Waals surface area contributed by atoms with Crippen LogP contribution >= 0.6 is 11.3 Å². The summed E-state index contributed by atoms with van der Waals surface area (Å²) in [5.41, 5.74) is 0. The number of amides is 1. The smallest absolute Gasteiger partial charge is 0.342 e. The third kappa shape index (κ3) is 4.79. The molecule has 0 atom stereocenters. The van der Waals surface area contributed by atoms with Crippen LogP contribution in [0.4, 0.5) is 13.2 Å². The lowest BCUT2D eigenvalue weighted by Gasteiger charge is -2.25. The highest BCUT2D eigenvalue weighted by Gasteiger charge is 2.32. The summed E-state index contributed by atoms with van der Waals surface area (Å²) in [5.74, 6) is -0.205. The SMILES string of the molecule is O=C(CN(Cc1cccs1)CC(F)(F)F)N1CCCC1. The lowest BCUT2D eigenvalue weighted by Crippen LogP contribution is -2.42. The van der Waals surface area contributed by atoms with Gasteiger partial charge in [0.05, 0.1) is 13.1 Å². The zero-order valence-corrected chi connectivity index (χ0v) is 11.8. The van der Waals surface area contributed by atoms with E-state index in [1.807, 2.05) is 5.38 Å². The van der Waals surface area contributed by atoms with Gasteiger partial charge in [-0.3, -0.25) is 9.69 Å². The summed E-state index contributed by atoms with van der Waals surface area (Å²) < 4.78 is 37.8. The van der Waals surface area contributed by atoms with Gasteiger partial charge in [0.1, 0.15) is 0 Å². The molecular weight excluding hydrogens is 289 g/mol. The second-order valence-corrected chi connectivity index (χ2v) is 5.96. The van der Waals surface area contributed by atoms with Crippen LogP contribution in [0.1, 0.15) is 17.7 Å². The van der Waals surface area contributed by atoms with E-state index in [2.05, 4.69) is 0 Å². The molecule has 0 spiro atoms. The van der Waals surface area contributed by atoms with Gasteiger partial charge < -0.3 is 4.90 Å². The van der Waals surface area contributed by atoms with Crippen LogP contribution in [0, 0.1) is 0 Å². The van der Waals surface area contributed by atoms with Crippen molar-refractivity contribution in [2.75, 3.05) is 26.2 Å². The van der Waals surface area contributed by atoms with Crippen LogP contribution in [-0.2, 0) is 11.3 Å². The van der Waals surface area contributed by atoms with E-state index in [0.717, 1.165) is 17.7 Å². The number of hydrogen-bond acceptors (Lipinski definition) is 3. The predicted octanol–water partition coefficient (Wildman–Crippen LogP) is 2.73. The Morgan fingerprint density at radius 1 is 1.35 bits per heavy atom. The molecule has 1 aliphatic heterocycles. The molecule has 0 radical (unpaired) electrons. The summed E-state index contributed by atoms with van der Waals surface area (Å²) in [5, 5.41) is 1.82. The lowest BCUT2D eigenvalue weighted by molar-refractivity contribution is -0.152. The van der Waals surface area contributed by atoms with Gasteiger partial charge in [-0.1, -0.05) is 6.07 Å².